The number of nitrogens with two attached hydrogens (primary N) is 1. The van der Waals surface area contributed by atoms with Crippen molar-refractivity contribution in [2.75, 3.05) is 5.73 Å². The lowest BCUT2D eigenvalue weighted by Crippen LogP contribution is -1.84. The summed E-state index contributed by atoms with van der Waals surface area (Å²) in [6.07, 6.45) is 0. The summed E-state index contributed by atoms with van der Waals surface area (Å²) >= 11 is 1.85. The molecule has 20 heavy (non-hydrogen) atoms. The standard InChI is InChI=1S/C18H13NS/c19-13-10-8-12(9-11-13)14-5-3-7-17-18(14)15-4-1-2-6-16(15)20-17/h1-11H,19H2. The van der Waals surface area contributed by atoms with Crippen molar-refractivity contribution in [1.82, 2.24) is 0 Å². The Morgan fingerprint density at radius 3 is 2.30 bits per heavy atom. The van der Waals surface area contributed by atoms with Gasteiger partial charge in [-0.1, -0.05) is 42.5 Å². The summed E-state index contributed by atoms with van der Waals surface area (Å²) < 4.78 is 2.67. The van der Waals surface area contributed by atoms with Crippen molar-refractivity contribution in [1.29, 1.82) is 0 Å². The fourth-order valence-electron chi connectivity index (χ4n) is 2.68. The average Bonchev–Trinajstić information content (AvgIpc) is 2.86. The van der Waals surface area contributed by atoms with E-state index in [1.165, 1.54) is 31.3 Å². The number of rotatable bonds is 1. The predicted molar refractivity (Wildman–Crippen MR) is 89.2 cm³/mol. The SMILES string of the molecule is Nc1ccc(-c2cccc3sc4ccccc4c23)cc1. The van der Waals surface area contributed by atoms with Crippen molar-refractivity contribution in [2.24, 2.45) is 0 Å². The Morgan fingerprint density at radius 2 is 1.45 bits per heavy atom. The fourth-order valence-corrected chi connectivity index (χ4v) is 3.81. The highest BCUT2D eigenvalue weighted by Crippen LogP contribution is 2.39. The van der Waals surface area contributed by atoms with Gasteiger partial charge in [0, 0.05) is 25.9 Å². The number of benzene rings is 3. The minimum absolute atomic E-state index is 0.802. The van der Waals surface area contributed by atoms with E-state index in [0.717, 1.165) is 5.69 Å². The van der Waals surface area contributed by atoms with Crippen LogP contribution in [0.4, 0.5) is 5.69 Å². The van der Waals surface area contributed by atoms with Crippen LogP contribution in [0.1, 0.15) is 0 Å². The molecule has 0 bridgehead atoms. The van der Waals surface area contributed by atoms with E-state index in [4.69, 9.17) is 5.73 Å². The van der Waals surface area contributed by atoms with E-state index in [9.17, 15) is 0 Å². The Labute approximate surface area is 121 Å². The number of nitrogen functional groups attached to an aromatic ring is 1. The van der Waals surface area contributed by atoms with Crippen molar-refractivity contribution in [3.05, 3.63) is 66.7 Å². The van der Waals surface area contributed by atoms with Gasteiger partial charge in [0.25, 0.3) is 0 Å². The quantitative estimate of drug-likeness (QED) is 0.468. The normalized spacial score (nSPS) is 11.2. The van der Waals surface area contributed by atoms with Gasteiger partial charge in [0.2, 0.25) is 0 Å². The zero-order chi connectivity index (χ0) is 13.5. The van der Waals surface area contributed by atoms with Gasteiger partial charge in [0.15, 0.2) is 0 Å². The largest absolute Gasteiger partial charge is 0.399 e. The highest BCUT2D eigenvalue weighted by atomic mass is 32.1. The number of anilines is 1. The van der Waals surface area contributed by atoms with Gasteiger partial charge < -0.3 is 5.73 Å². The molecule has 1 heterocycles. The summed E-state index contributed by atoms with van der Waals surface area (Å²) in [5.74, 6) is 0. The van der Waals surface area contributed by atoms with Crippen LogP contribution in [0.5, 0.6) is 0 Å². The van der Waals surface area contributed by atoms with E-state index in [0.29, 0.717) is 0 Å². The lowest BCUT2D eigenvalue weighted by Gasteiger charge is -2.05. The van der Waals surface area contributed by atoms with Gasteiger partial charge in [0.05, 0.1) is 0 Å². The smallest absolute Gasteiger partial charge is 0.0361 e. The highest BCUT2D eigenvalue weighted by molar-refractivity contribution is 7.25. The van der Waals surface area contributed by atoms with Gasteiger partial charge >= 0.3 is 0 Å². The monoisotopic (exact) mass is 275 g/mol. The molecule has 1 aromatic heterocycles. The minimum atomic E-state index is 0.802. The Balaban J connectivity index is 2.11. The molecule has 0 aliphatic rings. The topological polar surface area (TPSA) is 26.0 Å². The van der Waals surface area contributed by atoms with Crippen molar-refractivity contribution >= 4 is 37.2 Å². The van der Waals surface area contributed by atoms with Crippen LogP contribution < -0.4 is 5.73 Å². The first-order valence-electron chi connectivity index (χ1n) is 6.59. The zero-order valence-electron chi connectivity index (χ0n) is 10.8. The number of hydrogen-bond acceptors (Lipinski definition) is 2. The van der Waals surface area contributed by atoms with E-state index in [1.807, 2.05) is 23.5 Å². The summed E-state index contributed by atoms with van der Waals surface area (Å²) in [7, 11) is 0. The highest BCUT2D eigenvalue weighted by Gasteiger charge is 2.09. The molecule has 2 N–H and O–H groups in total. The predicted octanol–water partition coefficient (Wildman–Crippen LogP) is 5.30. The molecule has 0 radical (unpaired) electrons. The van der Waals surface area contributed by atoms with Crippen molar-refractivity contribution in [3.8, 4) is 11.1 Å². The van der Waals surface area contributed by atoms with Gasteiger partial charge in [-0.3, -0.25) is 0 Å². The molecule has 96 valence electrons. The second kappa shape index (κ2) is 4.36. The van der Waals surface area contributed by atoms with E-state index in [1.54, 1.807) is 0 Å². The van der Waals surface area contributed by atoms with E-state index in [-0.39, 0.29) is 0 Å². The molecule has 0 amide bonds. The van der Waals surface area contributed by atoms with E-state index >= 15 is 0 Å². The molecule has 4 rings (SSSR count). The summed E-state index contributed by atoms with van der Waals surface area (Å²) in [6, 6.07) is 23.2. The molecule has 0 unspecified atom stereocenters. The molecule has 1 nitrogen and oxygen atoms in total. The minimum Gasteiger partial charge on any atom is -0.399 e. The summed E-state index contributed by atoms with van der Waals surface area (Å²) in [4.78, 5) is 0. The second-order valence-corrected chi connectivity index (χ2v) is 5.98. The summed E-state index contributed by atoms with van der Waals surface area (Å²) in [5, 5.41) is 2.68. The molecule has 0 aliphatic heterocycles. The lowest BCUT2D eigenvalue weighted by atomic mass is 9.99. The van der Waals surface area contributed by atoms with Crippen LogP contribution in [0.2, 0.25) is 0 Å². The van der Waals surface area contributed by atoms with Crippen molar-refractivity contribution < 1.29 is 0 Å². The Morgan fingerprint density at radius 1 is 0.700 bits per heavy atom. The van der Waals surface area contributed by atoms with Crippen LogP contribution in [-0.4, -0.2) is 0 Å². The Bertz CT molecular complexity index is 904. The van der Waals surface area contributed by atoms with E-state index in [2.05, 4.69) is 54.6 Å². The van der Waals surface area contributed by atoms with Gasteiger partial charge in [-0.15, -0.1) is 11.3 Å². The molecular weight excluding hydrogens is 262 g/mol. The zero-order valence-corrected chi connectivity index (χ0v) is 11.7. The van der Waals surface area contributed by atoms with Crippen molar-refractivity contribution in [2.45, 2.75) is 0 Å². The van der Waals surface area contributed by atoms with Crippen LogP contribution in [0.15, 0.2) is 66.7 Å². The molecule has 0 spiro atoms. The van der Waals surface area contributed by atoms with Crippen LogP contribution >= 0.6 is 11.3 Å². The second-order valence-electron chi connectivity index (χ2n) is 4.90. The molecule has 0 aliphatic carbocycles. The molecule has 0 fully saturated rings. The van der Waals surface area contributed by atoms with Gasteiger partial charge in [-0.2, -0.15) is 0 Å². The van der Waals surface area contributed by atoms with Gasteiger partial charge in [-0.05, 0) is 35.4 Å². The third kappa shape index (κ3) is 1.69. The average molecular weight is 275 g/mol. The first-order chi connectivity index (χ1) is 9.83. The molecular formula is C18H13NS. The molecule has 2 heteroatoms. The fraction of sp³-hybridized carbons (Fsp3) is 0. The maximum absolute atomic E-state index is 5.79. The van der Waals surface area contributed by atoms with Crippen LogP contribution in [-0.2, 0) is 0 Å². The van der Waals surface area contributed by atoms with E-state index < -0.39 is 0 Å². The summed E-state index contributed by atoms with van der Waals surface area (Å²) in [5.41, 5.74) is 9.09. The molecule has 0 saturated heterocycles. The summed E-state index contributed by atoms with van der Waals surface area (Å²) in [6.45, 7) is 0. The van der Waals surface area contributed by atoms with Crippen LogP contribution in [0.25, 0.3) is 31.3 Å². The van der Waals surface area contributed by atoms with Gasteiger partial charge in [0.1, 0.15) is 0 Å². The maximum atomic E-state index is 5.79. The third-order valence-electron chi connectivity index (χ3n) is 3.62. The number of hydrogen-bond donors (Lipinski definition) is 1. The van der Waals surface area contributed by atoms with Crippen LogP contribution in [0.3, 0.4) is 0 Å². The Hall–Kier alpha value is -2.32. The van der Waals surface area contributed by atoms with Crippen molar-refractivity contribution in [3.63, 3.8) is 0 Å². The third-order valence-corrected chi connectivity index (χ3v) is 4.76. The lowest BCUT2D eigenvalue weighted by molar-refractivity contribution is 1.65. The molecule has 0 atom stereocenters. The first-order valence-corrected chi connectivity index (χ1v) is 7.41. The molecule has 3 aromatic carbocycles. The molecule has 4 aromatic rings. The number of fused-ring (bicyclic) bond motifs is 3. The molecule has 0 saturated carbocycles. The Kier molecular flexibility index (Phi) is 2.51. The van der Waals surface area contributed by atoms with Gasteiger partial charge in [-0.25, -0.2) is 0 Å². The maximum Gasteiger partial charge on any atom is 0.0361 e. The number of thiophene rings is 1. The van der Waals surface area contributed by atoms with Crippen LogP contribution in [0, 0.1) is 0 Å². The first kappa shape index (κ1) is 11.5.